The van der Waals surface area contributed by atoms with Crippen molar-refractivity contribution in [2.24, 2.45) is 0 Å². The molecule has 2 aliphatic rings. The van der Waals surface area contributed by atoms with Crippen molar-refractivity contribution in [1.82, 2.24) is 9.97 Å². The normalized spacial score (nSPS) is 24.1. The topological polar surface area (TPSA) is 50.3 Å². The SMILES string of the molecule is Clc1ncnc2c1NCN2C1CCCCO1. The van der Waals surface area contributed by atoms with Crippen molar-refractivity contribution in [3.8, 4) is 0 Å². The minimum Gasteiger partial charge on any atom is -0.362 e. The second-order valence-corrected chi connectivity index (χ2v) is 4.35. The molecule has 1 aromatic rings. The first kappa shape index (κ1) is 10.1. The molecule has 0 aliphatic carbocycles. The van der Waals surface area contributed by atoms with E-state index >= 15 is 0 Å². The molecule has 2 aliphatic heterocycles. The van der Waals surface area contributed by atoms with Crippen molar-refractivity contribution in [1.29, 1.82) is 0 Å². The number of rotatable bonds is 1. The van der Waals surface area contributed by atoms with Gasteiger partial charge in [-0.05, 0) is 19.3 Å². The first-order valence-corrected chi connectivity index (χ1v) is 5.86. The van der Waals surface area contributed by atoms with E-state index in [1.807, 2.05) is 0 Å². The Hall–Kier alpha value is -1.07. The third kappa shape index (κ3) is 1.60. The Bertz CT molecular complexity index is 394. The molecule has 0 bridgehead atoms. The molecule has 16 heavy (non-hydrogen) atoms. The summed E-state index contributed by atoms with van der Waals surface area (Å²) in [6.07, 6.45) is 5.01. The molecule has 1 saturated heterocycles. The van der Waals surface area contributed by atoms with Gasteiger partial charge < -0.3 is 15.0 Å². The molecule has 1 N–H and O–H groups in total. The Balaban J connectivity index is 1.87. The summed E-state index contributed by atoms with van der Waals surface area (Å²) < 4.78 is 5.74. The van der Waals surface area contributed by atoms with Crippen LogP contribution in [0.2, 0.25) is 5.15 Å². The van der Waals surface area contributed by atoms with Crippen LogP contribution < -0.4 is 10.2 Å². The highest BCUT2D eigenvalue weighted by Crippen LogP contribution is 2.36. The lowest BCUT2D eigenvalue weighted by molar-refractivity contribution is 0.0155. The highest BCUT2D eigenvalue weighted by molar-refractivity contribution is 6.32. The predicted molar refractivity (Wildman–Crippen MR) is 61.6 cm³/mol. The second-order valence-electron chi connectivity index (χ2n) is 3.99. The number of nitrogens with one attached hydrogen (secondary N) is 1. The zero-order valence-electron chi connectivity index (χ0n) is 8.82. The van der Waals surface area contributed by atoms with E-state index in [-0.39, 0.29) is 6.23 Å². The second kappa shape index (κ2) is 4.07. The van der Waals surface area contributed by atoms with Gasteiger partial charge >= 0.3 is 0 Å². The first-order valence-electron chi connectivity index (χ1n) is 5.49. The summed E-state index contributed by atoms with van der Waals surface area (Å²) in [5, 5.41) is 3.68. The van der Waals surface area contributed by atoms with Crippen molar-refractivity contribution >= 4 is 23.1 Å². The lowest BCUT2D eigenvalue weighted by atomic mass is 10.2. The maximum Gasteiger partial charge on any atom is 0.160 e. The minimum atomic E-state index is 0.119. The quantitative estimate of drug-likeness (QED) is 0.760. The molecule has 6 heteroatoms. The lowest BCUT2D eigenvalue weighted by Crippen LogP contribution is -2.39. The van der Waals surface area contributed by atoms with E-state index in [9.17, 15) is 0 Å². The van der Waals surface area contributed by atoms with Crippen LogP contribution in [0.3, 0.4) is 0 Å². The molecule has 3 heterocycles. The molecule has 1 fully saturated rings. The number of anilines is 2. The van der Waals surface area contributed by atoms with Gasteiger partial charge in [-0.2, -0.15) is 0 Å². The summed E-state index contributed by atoms with van der Waals surface area (Å²) in [7, 11) is 0. The number of fused-ring (bicyclic) bond motifs is 1. The van der Waals surface area contributed by atoms with Crippen LogP contribution in [-0.2, 0) is 4.74 Å². The van der Waals surface area contributed by atoms with Gasteiger partial charge in [0.15, 0.2) is 11.0 Å². The Labute approximate surface area is 98.8 Å². The van der Waals surface area contributed by atoms with Gasteiger partial charge in [0.2, 0.25) is 0 Å². The standard InChI is InChI=1S/C10H13ClN4O/c11-9-8-10(13-5-12-9)15(6-14-8)7-3-1-2-4-16-7/h5,7,14H,1-4,6H2. The molecule has 86 valence electrons. The van der Waals surface area contributed by atoms with E-state index in [1.54, 1.807) is 0 Å². The van der Waals surface area contributed by atoms with Crippen molar-refractivity contribution in [2.45, 2.75) is 25.5 Å². The van der Waals surface area contributed by atoms with Gasteiger partial charge in [0.1, 0.15) is 18.2 Å². The third-order valence-electron chi connectivity index (χ3n) is 2.98. The van der Waals surface area contributed by atoms with Crippen molar-refractivity contribution < 1.29 is 4.74 Å². The number of halogens is 1. The smallest absolute Gasteiger partial charge is 0.160 e. The maximum atomic E-state index is 5.99. The fourth-order valence-corrected chi connectivity index (χ4v) is 2.37. The fourth-order valence-electron chi connectivity index (χ4n) is 2.17. The van der Waals surface area contributed by atoms with Gasteiger partial charge in [-0.25, -0.2) is 9.97 Å². The number of hydrogen-bond donors (Lipinski definition) is 1. The highest BCUT2D eigenvalue weighted by Gasteiger charge is 2.30. The van der Waals surface area contributed by atoms with E-state index in [0.29, 0.717) is 11.8 Å². The van der Waals surface area contributed by atoms with Crippen molar-refractivity contribution in [3.63, 3.8) is 0 Å². The van der Waals surface area contributed by atoms with Crippen LogP contribution in [-0.4, -0.2) is 29.5 Å². The van der Waals surface area contributed by atoms with Crippen molar-refractivity contribution in [3.05, 3.63) is 11.5 Å². The summed E-state index contributed by atoms with van der Waals surface area (Å²) >= 11 is 5.99. The number of hydrogen-bond acceptors (Lipinski definition) is 5. The van der Waals surface area contributed by atoms with Crippen LogP contribution in [0, 0.1) is 0 Å². The highest BCUT2D eigenvalue weighted by atomic mass is 35.5. The number of nitrogens with zero attached hydrogens (tertiary/aromatic N) is 3. The van der Waals surface area contributed by atoms with E-state index in [4.69, 9.17) is 16.3 Å². The summed E-state index contributed by atoms with van der Waals surface area (Å²) in [5.41, 5.74) is 0.818. The Morgan fingerprint density at radius 1 is 1.44 bits per heavy atom. The summed E-state index contributed by atoms with van der Waals surface area (Å²) in [4.78, 5) is 10.3. The molecule has 5 nitrogen and oxygen atoms in total. The molecule has 1 aromatic heterocycles. The van der Waals surface area contributed by atoms with Crippen LogP contribution in [0.25, 0.3) is 0 Å². The average Bonchev–Trinajstić information content (AvgIpc) is 2.75. The van der Waals surface area contributed by atoms with Gasteiger partial charge in [0.25, 0.3) is 0 Å². The van der Waals surface area contributed by atoms with Gasteiger partial charge in [0.05, 0.1) is 6.67 Å². The Morgan fingerprint density at radius 3 is 3.19 bits per heavy atom. The molecular weight excluding hydrogens is 228 g/mol. The fraction of sp³-hybridized carbons (Fsp3) is 0.600. The molecule has 0 spiro atoms. The van der Waals surface area contributed by atoms with Crippen LogP contribution in [0.5, 0.6) is 0 Å². The van der Waals surface area contributed by atoms with Crippen LogP contribution in [0.15, 0.2) is 6.33 Å². The van der Waals surface area contributed by atoms with Gasteiger partial charge in [0, 0.05) is 6.61 Å². The molecule has 0 aromatic carbocycles. The molecule has 0 saturated carbocycles. The summed E-state index contributed by atoms with van der Waals surface area (Å²) in [6.45, 7) is 1.52. The van der Waals surface area contributed by atoms with Crippen LogP contribution in [0.4, 0.5) is 11.5 Å². The van der Waals surface area contributed by atoms with E-state index < -0.39 is 0 Å². The van der Waals surface area contributed by atoms with E-state index in [2.05, 4.69) is 20.2 Å². The van der Waals surface area contributed by atoms with Gasteiger partial charge in [-0.1, -0.05) is 11.6 Å². The first-order chi connectivity index (χ1) is 7.86. The van der Waals surface area contributed by atoms with E-state index in [0.717, 1.165) is 31.0 Å². The molecule has 0 amide bonds. The number of aromatic nitrogens is 2. The Morgan fingerprint density at radius 2 is 2.38 bits per heavy atom. The maximum absolute atomic E-state index is 5.99. The van der Waals surface area contributed by atoms with Crippen LogP contribution >= 0.6 is 11.6 Å². The Kier molecular flexibility index (Phi) is 2.57. The van der Waals surface area contributed by atoms with Gasteiger partial charge in [-0.3, -0.25) is 0 Å². The van der Waals surface area contributed by atoms with Gasteiger partial charge in [-0.15, -0.1) is 0 Å². The molecule has 0 radical (unpaired) electrons. The molecule has 1 atom stereocenters. The molecular formula is C10H13ClN4O. The zero-order chi connectivity index (χ0) is 11.0. The summed E-state index contributed by atoms with van der Waals surface area (Å²) in [5.74, 6) is 0.854. The summed E-state index contributed by atoms with van der Waals surface area (Å²) in [6, 6.07) is 0. The zero-order valence-corrected chi connectivity index (χ0v) is 9.57. The van der Waals surface area contributed by atoms with E-state index in [1.165, 1.54) is 12.7 Å². The molecule has 3 rings (SSSR count). The average molecular weight is 241 g/mol. The number of ether oxygens (including phenoxy) is 1. The third-order valence-corrected chi connectivity index (χ3v) is 3.27. The van der Waals surface area contributed by atoms with Crippen molar-refractivity contribution in [2.75, 3.05) is 23.5 Å². The molecule has 1 unspecified atom stereocenters. The van der Waals surface area contributed by atoms with Crippen LogP contribution in [0.1, 0.15) is 19.3 Å². The largest absolute Gasteiger partial charge is 0.362 e. The minimum absolute atomic E-state index is 0.119. The monoisotopic (exact) mass is 240 g/mol. The predicted octanol–water partition coefficient (Wildman–Crippen LogP) is 1.85. The lowest BCUT2D eigenvalue weighted by Gasteiger charge is -2.31.